The van der Waals surface area contributed by atoms with E-state index in [1.54, 1.807) is 6.26 Å². The van der Waals surface area contributed by atoms with E-state index in [1.165, 1.54) is 0 Å². The number of aryl methyl sites for hydroxylation is 2. The van der Waals surface area contributed by atoms with Crippen molar-refractivity contribution >= 4 is 11.6 Å². The lowest BCUT2D eigenvalue weighted by Gasteiger charge is -2.17. The van der Waals surface area contributed by atoms with Crippen LogP contribution in [0.1, 0.15) is 35.4 Å². The molecule has 3 nitrogen and oxygen atoms in total. The van der Waals surface area contributed by atoms with Gasteiger partial charge in [-0.15, -0.1) is 0 Å². The van der Waals surface area contributed by atoms with E-state index in [2.05, 4.69) is 12.3 Å². The van der Waals surface area contributed by atoms with Crippen LogP contribution < -0.4 is 11.3 Å². The van der Waals surface area contributed by atoms with E-state index in [9.17, 15) is 0 Å². The summed E-state index contributed by atoms with van der Waals surface area (Å²) in [7, 11) is 0. The number of rotatable bonds is 4. The van der Waals surface area contributed by atoms with Crippen LogP contribution in [0.15, 0.2) is 34.9 Å². The van der Waals surface area contributed by atoms with E-state index in [1.807, 2.05) is 31.2 Å². The van der Waals surface area contributed by atoms with Crippen molar-refractivity contribution in [2.24, 2.45) is 5.84 Å². The van der Waals surface area contributed by atoms with E-state index in [0.717, 1.165) is 33.9 Å². The highest BCUT2D eigenvalue weighted by molar-refractivity contribution is 6.31. The molecule has 1 aromatic heterocycles. The Morgan fingerprint density at radius 3 is 2.78 bits per heavy atom. The maximum absolute atomic E-state index is 6.16. The zero-order valence-corrected chi connectivity index (χ0v) is 11.3. The molecule has 1 atom stereocenters. The largest absolute Gasteiger partial charge is 0.469 e. The third-order valence-corrected chi connectivity index (χ3v) is 3.52. The zero-order chi connectivity index (χ0) is 13.1. The Kier molecular flexibility index (Phi) is 4.07. The average Bonchev–Trinajstić information content (AvgIpc) is 2.83. The van der Waals surface area contributed by atoms with E-state index in [-0.39, 0.29) is 6.04 Å². The van der Waals surface area contributed by atoms with Crippen LogP contribution >= 0.6 is 11.6 Å². The van der Waals surface area contributed by atoms with E-state index >= 15 is 0 Å². The van der Waals surface area contributed by atoms with Gasteiger partial charge in [0.1, 0.15) is 5.76 Å². The van der Waals surface area contributed by atoms with Gasteiger partial charge in [-0.05, 0) is 30.2 Å². The Labute approximate surface area is 112 Å². The first-order valence-corrected chi connectivity index (χ1v) is 6.33. The zero-order valence-electron chi connectivity index (χ0n) is 10.5. The Bertz CT molecular complexity index is 536. The molecule has 1 heterocycles. The first-order chi connectivity index (χ1) is 8.67. The first-order valence-electron chi connectivity index (χ1n) is 5.95. The van der Waals surface area contributed by atoms with Gasteiger partial charge in [0.2, 0.25) is 0 Å². The summed E-state index contributed by atoms with van der Waals surface area (Å²) in [5.41, 5.74) is 5.97. The number of halogens is 1. The number of furan rings is 1. The number of nitrogens with two attached hydrogens (primary N) is 1. The highest BCUT2D eigenvalue weighted by atomic mass is 35.5. The summed E-state index contributed by atoms with van der Waals surface area (Å²) in [6, 6.07) is 7.80. The van der Waals surface area contributed by atoms with Crippen LogP contribution in [-0.4, -0.2) is 0 Å². The van der Waals surface area contributed by atoms with Crippen LogP contribution in [0.5, 0.6) is 0 Å². The molecule has 0 spiro atoms. The highest BCUT2D eigenvalue weighted by Gasteiger charge is 2.18. The lowest BCUT2D eigenvalue weighted by atomic mass is 9.98. The molecule has 1 aromatic carbocycles. The molecular formula is C14H17ClN2O. The second kappa shape index (κ2) is 5.57. The van der Waals surface area contributed by atoms with Crippen LogP contribution in [-0.2, 0) is 6.42 Å². The number of benzene rings is 1. The molecule has 96 valence electrons. The molecule has 0 bridgehead atoms. The SMILES string of the molecule is CCc1occc1C(NN)c1ccc(C)c(Cl)c1. The van der Waals surface area contributed by atoms with Crippen molar-refractivity contribution in [1.82, 2.24) is 5.43 Å². The van der Waals surface area contributed by atoms with Crippen molar-refractivity contribution in [3.63, 3.8) is 0 Å². The molecule has 0 aliphatic rings. The summed E-state index contributed by atoms with van der Waals surface area (Å²) in [6.07, 6.45) is 2.52. The Hall–Kier alpha value is -1.29. The molecule has 1 unspecified atom stereocenters. The normalized spacial score (nSPS) is 12.7. The molecule has 18 heavy (non-hydrogen) atoms. The molecule has 0 aliphatic carbocycles. The van der Waals surface area contributed by atoms with Gasteiger partial charge in [0.25, 0.3) is 0 Å². The maximum Gasteiger partial charge on any atom is 0.108 e. The fourth-order valence-electron chi connectivity index (χ4n) is 2.05. The van der Waals surface area contributed by atoms with Crippen molar-refractivity contribution < 1.29 is 4.42 Å². The standard InChI is InChI=1S/C14H17ClN2O/c1-3-13-11(6-7-18-13)14(17-16)10-5-4-9(2)12(15)8-10/h4-8,14,17H,3,16H2,1-2H3. The number of hydrazine groups is 1. The van der Waals surface area contributed by atoms with Gasteiger partial charge in [0.15, 0.2) is 0 Å². The van der Waals surface area contributed by atoms with Gasteiger partial charge in [0, 0.05) is 17.0 Å². The third-order valence-electron chi connectivity index (χ3n) is 3.11. The number of hydrogen-bond acceptors (Lipinski definition) is 3. The van der Waals surface area contributed by atoms with Crippen LogP contribution in [0.4, 0.5) is 0 Å². The van der Waals surface area contributed by atoms with E-state index in [0.29, 0.717) is 0 Å². The van der Waals surface area contributed by atoms with Gasteiger partial charge in [-0.25, -0.2) is 5.43 Å². The molecule has 0 radical (unpaired) electrons. The molecule has 0 aliphatic heterocycles. The lowest BCUT2D eigenvalue weighted by molar-refractivity contribution is 0.502. The molecule has 2 rings (SSSR count). The molecule has 0 fully saturated rings. The monoisotopic (exact) mass is 264 g/mol. The molecule has 0 saturated heterocycles. The van der Waals surface area contributed by atoms with Crippen molar-refractivity contribution in [1.29, 1.82) is 0 Å². The predicted molar refractivity (Wildman–Crippen MR) is 73.4 cm³/mol. The summed E-state index contributed by atoms with van der Waals surface area (Å²) in [4.78, 5) is 0. The van der Waals surface area contributed by atoms with Crippen LogP contribution in [0.2, 0.25) is 5.02 Å². The molecule has 4 heteroatoms. The minimum absolute atomic E-state index is 0.100. The van der Waals surface area contributed by atoms with Crippen molar-refractivity contribution in [2.75, 3.05) is 0 Å². The molecule has 2 aromatic rings. The Morgan fingerprint density at radius 2 is 2.17 bits per heavy atom. The number of nitrogens with one attached hydrogen (secondary N) is 1. The van der Waals surface area contributed by atoms with E-state index < -0.39 is 0 Å². The van der Waals surface area contributed by atoms with Crippen molar-refractivity contribution in [3.05, 3.63) is 58.0 Å². The summed E-state index contributed by atoms with van der Waals surface area (Å²) in [5.74, 6) is 6.61. The fourth-order valence-corrected chi connectivity index (χ4v) is 2.24. The summed E-state index contributed by atoms with van der Waals surface area (Å²) in [6.45, 7) is 4.03. The van der Waals surface area contributed by atoms with Crippen LogP contribution in [0, 0.1) is 6.92 Å². The summed E-state index contributed by atoms with van der Waals surface area (Å²) < 4.78 is 5.44. The van der Waals surface area contributed by atoms with Crippen molar-refractivity contribution in [3.8, 4) is 0 Å². The smallest absolute Gasteiger partial charge is 0.108 e. The topological polar surface area (TPSA) is 51.2 Å². The minimum atomic E-state index is -0.100. The fraction of sp³-hybridized carbons (Fsp3) is 0.286. The van der Waals surface area contributed by atoms with Gasteiger partial charge in [-0.1, -0.05) is 30.7 Å². The van der Waals surface area contributed by atoms with Gasteiger partial charge in [0.05, 0.1) is 12.3 Å². The number of hydrogen-bond donors (Lipinski definition) is 2. The summed E-state index contributed by atoms with van der Waals surface area (Å²) >= 11 is 6.16. The third kappa shape index (κ3) is 2.43. The van der Waals surface area contributed by atoms with E-state index in [4.69, 9.17) is 21.9 Å². The molecule has 3 N–H and O–H groups in total. The van der Waals surface area contributed by atoms with Crippen LogP contribution in [0.25, 0.3) is 0 Å². The summed E-state index contributed by atoms with van der Waals surface area (Å²) in [5, 5.41) is 0.745. The predicted octanol–water partition coefficient (Wildman–Crippen LogP) is 3.36. The molecular weight excluding hydrogens is 248 g/mol. The van der Waals surface area contributed by atoms with Gasteiger partial charge in [-0.3, -0.25) is 5.84 Å². The second-order valence-corrected chi connectivity index (χ2v) is 4.67. The maximum atomic E-state index is 6.16. The van der Waals surface area contributed by atoms with Gasteiger partial charge < -0.3 is 4.42 Å². The Balaban J connectivity index is 2.42. The Morgan fingerprint density at radius 1 is 1.39 bits per heavy atom. The highest BCUT2D eigenvalue weighted by Crippen LogP contribution is 2.28. The van der Waals surface area contributed by atoms with Crippen molar-refractivity contribution in [2.45, 2.75) is 26.3 Å². The van der Waals surface area contributed by atoms with Crippen LogP contribution in [0.3, 0.4) is 0 Å². The molecule has 0 amide bonds. The second-order valence-electron chi connectivity index (χ2n) is 4.26. The lowest BCUT2D eigenvalue weighted by Crippen LogP contribution is -2.29. The minimum Gasteiger partial charge on any atom is -0.469 e. The first kappa shape index (κ1) is 13.1. The van der Waals surface area contributed by atoms with Gasteiger partial charge in [-0.2, -0.15) is 0 Å². The molecule has 0 saturated carbocycles. The average molecular weight is 265 g/mol. The van der Waals surface area contributed by atoms with Gasteiger partial charge >= 0.3 is 0 Å². The quantitative estimate of drug-likeness (QED) is 0.658.